The van der Waals surface area contributed by atoms with Crippen LogP contribution in [0.1, 0.15) is 28.5 Å². The van der Waals surface area contributed by atoms with Crippen LogP contribution in [0.2, 0.25) is 5.02 Å². The van der Waals surface area contributed by atoms with Crippen molar-refractivity contribution < 1.29 is 13.9 Å². The van der Waals surface area contributed by atoms with Gasteiger partial charge in [0.25, 0.3) is 0 Å². The fourth-order valence-electron chi connectivity index (χ4n) is 2.63. The number of pyridine rings is 2. The lowest BCUT2D eigenvalue weighted by Gasteiger charge is -2.12. The third-order valence-corrected chi connectivity index (χ3v) is 4.38. The molecule has 0 aliphatic carbocycles. The number of fused-ring (bicyclic) bond motifs is 1. The highest BCUT2D eigenvalue weighted by Gasteiger charge is 2.18. The summed E-state index contributed by atoms with van der Waals surface area (Å²) >= 11 is 5.93. The van der Waals surface area contributed by atoms with Gasteiger partial charge < -0.3 is 9.30 Å². The molecular weight excluding hydrogens is 359 g/mol. The van der Waals surface area contributed by atoms with E-state index in [0.717, 1.165) is 5.69 Å². The fourth-order valence-corrected chi connectivity index (χ4v) is 2.85. The monoisotopic (exact) mass is 374 g/mol. The van der Waals surface area contributed by atoms with E-state index in [9.17, 15) is 14.0 Å². The molecule has 0 saturated heterocycles. The Labute approximate surface area is 154 Å². The Bertz CT molecular complexity index is 1040. The average Bonchev–Trinajstić information content (AvgIpc) is 2.61. The number of aryl methyl sites for hydroxylation is 2. The summed E-state index contributed by atoms with van der Waals surface area (Å²) in [6.45, 7) is 3.86. The average molecular weight is 375 g/mol. The van der Waals surface area contributed by atoms with Crippen LogP contribution in [0.5, 0.6) is 0 Å². The van der Waals surface area contributed by atoms with Gasteiger partial charge in [0.2, 0.25) is 5.43 Å². The molecule has 3 aromatic rings. The maximum Gasteiger partial charge on any atom is 0.344 e. The van der Waals surface area contributed by atoms with Gasteiger partial charge in [0.05, 0.1) is 10.4 Å². The SMILES string of the molecule is CCn1cc(C(=O)OCc2c(F)cccc2Cl)c(=O)c2ccc(C)nc21. The molecule has 2 aromatic heterocycles. The maximum atomic E-state index is 13.8. The highest BCUT2D eigenvalue weighted by molar-refractivity contribution is 6.31. The van der Waals surface area contributed by atoms with Crippen molar-refractivity contribution in [3.8, 4) is 0 Å². The molecule has 0 saturated carbocycles. The number of carbonyl (C=O) groups is 1. The molecule has 2 heterocycles. The first-order valence-corrected chi connectivity index (χ1v) is 8.41. The molecule has 5 nitrogen and oxygen atoms in total. The van der Waals surface area contributed by atoms with E-state index in [2.05, 4.69) is 4.98 Å². The molecule has 3 rings (SSSR count). The molecule has 7 heteroatoms. The highest BCUT2D eigenvalue weighted by Crippen LogP contribution is 2.20. The summed E-state index contributed by atoms with van der Waals surface area (Å²) in [7, 11) is 0. The molecule has 0 N–H and O–H groups in total. The minimum absolute atomic E-state index is 0.0661. The Balaban J connectivity index is 1.97. The summed E-state index contributed by atoms with van der Waals surface area (Å²) in [5.41, 5.74) is 0.741. The zero-order chi connectivity index (χ0) is 18.8. The van der Waals surface area contributed by atoms with E-state index in [1.54, 1.807) is 16.7 Å². The van der Waals surface area contributed by atoms with Gasteiger partial charge in [-0.1, -0.05) is 17.7 Å². The lowest BCUT2D eigenvalue weighted by molar-refractivity contribution is 0.0467. The van der Waals surface area contributed by atoms with Crippen LogP contribution in [-0.4, -0.2) is 15.5 Å². The van der Waals surface area contributed by atoms with E-state index in [1.807, 2.05) is 13.8 Å². The Morgan fingerprint density at radius 2 is 2.08 bits per heavy atom. The fraction of sp³-hybridized carbons (Fsp3) is 0.211. The number of rotatable bonds is 4. The third-order valence-electron chi connectivity index (χ3n) is 4.03. The van der Waals surface area contributed by atoms with Crippen LogP contribution >= 0.6 is 11.6 Å². The van der Waals surface area contributed by atoms with Crippen LogP contribution < -0.4 is 5.43 Å². The molecule has 0 bridgehead atoms. The second kappa shape index (κ2) is 7.25. The number of nitrogens with zero attached hydrogens (tertiary/aromatic N) is 2. The summed E-state index contributed by atoms with van der Waals surface area (Å²) in [6.07, 6.45) is 1.42. The lowest BCUT2D eigenvalue weighted by atomic mass is 10.1. The number of carbonyl (C=O) groups excluding carboxylic acids is 1. The van der Waals surface area contributed by atoms with E-state index in [-0.39, 0.29) is 22.8 Å². The molecule has 0 aliphatic rings. The zero-order valence-electron chi connectivity index (χ0n) is 14.3. The van der Waals surface area contributed by atoms with E-state index >= 15 is 0 Å². The van der Waals surface area contributed by atoms with Crippen LogP contribution in [0.4, 0.5) is 4.39 Å². The van der Waals surface area contributed by atoms with Crippen LogP contribution in [0.15, 0.2) is 41.3 Å². The van der Waals surface area contributed by atoms with Crippen molar-refractivity contribution in [2.24, 2.45) is 0 Å². The molecule has 0 fully saturated rings. The van der Waals surface area contributed by atoms with Crippen LogP contribution in [0.3, 0.4) is 0 Å². The summed E-state index contributed by atoms with van der Waals surface area (Å²) in [5, 5.41) is 0.484. The Morgan fingerprint density at radius 1 is 1.31 bits per heavy atom. The van der Waals surface area contributed by atoms with Gasteiger partial charge in [-0.15, -0.1) is 0 Å². The second-order valence-corrected chi connectivity index (χ2v) is 6.17. The van der Waals surface area contributed by atoms with Gasteiger partial charge in [-0.05, 0) is 38.1 Å². The number of hydrogen-bond donors (Lipinski definition) is 0. The quantitative estimate of drug-likeness (QED) is 0.650. The molecule has 26 heavy (non-hydrogen) atoms. The Morgan fingerprint density at radius 3 is 2.77 bits per heavy atom. The first kappa shape index (κ1) is 18.1. The predicted molar refractivity (Wildman–Crippen MR) is 96.9 cm³/mol. The van der Waals surface area contributed by atoms with Crippen molar-refractivity contribution in [2.75, 3.05) is 0 Å². The molecule has 134 valence electrons. The number of aromatic nitrogens is 2. The summed E-state index contributed by atoms with van der Waals surface area (Å²) in [5.74, 6) is -1.41. The third kappa shape index (κ3) is 3.32. The smallest absolute Gasteiger partial charge is 0.344 e. The first-order valence-electron chi connectivity index (χ1n) is 8.03. The van der Waals surface area contributed by atoms with Crippen molar-refractivity contribution in [3.63, 3.8) is 0 Å². The van der Waals surface area contributed by atoms with E-state index < -0.39 is 17.2 Å². The van der Waals surface area contributed by atoms with Crippen molar-refractivity contribution in [3.05, 3.63) is 74.4 Å². The summed E-state index contributed by atoms with van der Waals surface area (Å²) in [4.78, 5) is 29.4. The van der Waals surface area contributed by atoms with Crippen molar-refractivity contribution in [1.82, 2.24) is 9.55 Å². The topological polar surface area (TPSA) is 61.2 Å². The van der Waals surface area contributed by atoms with Gasteiger partial charge in [-0.3, -0.25) is 4.79 Å². The zero-order valence-corrected chi connectivity index (χ0v) is 15.0. The Hall–Kier alpha value is -2.73. The first-order chi connectivity index (χ1) is 12.4. The van der Waals surface area contributed by atoms with E-state index in [0.29, 0.717) is 17.6 Å². The highest BCUT2D eigenvalue weighted by atomic mass is 35.5. The molecule has 0 radical (unpaired) electrons. The molecule has 0 unspecified atom stereocenters. The van der Waals surface area contributed by atoms with Gasteiger partial charge in [0.1, 0.15) is 23.6 Å². The molecular formula is C19H16ClFN2O3. The second-order valence-electron chi connectivity index (χ2n) is 5.76. The van der Waals surface area contributed by atoms with Gasteiger partial charge in [-0.2, -0.15) is 0 Å². The standard InChI is InChI=1S/C19H16ClFN2O3/c1-3-23-9-13(17(24)12-8-7-11(2)22-18(12)23)19(25)26-10-14-15(20)5-4-6-16(14)21/h4-9H,3,10H2,1-2H3. The van der Waals surface area contributed by atoms with E-state index in [4.69, 9.17) is 16.3 Å². The minimum Gasteiger partial charge on any atom is -0.457 e. The van der Waals surface area contributed by atoms with Crippen molar-refractivity contribution in [1.29, 1.82) is 0 Å². The van der Waals surface area contributed by atoms with Gasteiger partial charge in [0.15, 0.2) is 0 Å². The van der Waals surface area contributed by atoms with Crippen LogP contribution in [0.25, 0.3) is 11.0 Å². The normalized spacial score (nSPS) is 10.9. The molecule has 1 aromatic carbocycles. The number of hydrogen-bond acceptors (Lipinski definition) is 4. The maximum absolute atomic E-state index is 13.8. The summed E-state index contributed by atoms with van der Waals surface area (Å²) in [6, 6.07) is 7.53. The number of esters is 1. The number of halogens is 2. The molecule has 0 atom stereocenters. The number of benzene rings is 1. The lowest BCUT2D eigenvalue weighted by Crippen LogP contribution is -2.21. The van der Waals surface area contributed by atoms with Crippen molar-refractivity contribution >= 4 is 28.6 Å². The van der Waals surface area contributed by atoms with Crippen LogP contribution in [0, 0.1) is 12.7 Å². The Kier molecular flexibility index (Phi) is 5.04. The van der Waals surface area contributed by atoms with Crippen molar-refractivity contribution in [2.45, 2.75) is 27.0 Å². The van der Waals surface area contributed by atoms with Gasteiger partial charge >= 0.3 is 5.97 Å². The molecule has 0 spiro atoms. The molecule has 0 amide bonds. The van der Waals surface area contributed by atoms with Gasteiger partial charge in [-0.25, -0.2) is 14.2 Å². The van der Waals surface area contributed by atoms with Crippen LogP contribution in [-0.2, 0) is 17.9 Å². The molecule has 0 aliphatic heterocycles. The largest absolute Gasteiger partial charge is 0.457 e. The van der Waals surface area contributed by atoms with E-state index in [1.165, 1.54) is 24.4 Å². The predicted octanol–water partition coefficient (Wildman–Crippen LogP) is 3.87. The number of ether oxygens (including phenoxy) is 1. The summed E-state index contributed by atoms with van der Waals surface area (Å²) < 4.78 is 20.6. The minimum atomic E-state index is -0.834. The van der Waals surface area contributed by atoms with Gasteiger partial charge in [0, 0.05) is 24.0 Å².